The van der Waals surface area contributed by atoms with Crippen molar-refractivity contribution in [1.82, 2.24) is 20.4 Å². The third-order valence-corrected chi connectivity index (χ3v) is 4.77. The fourth-order valence-electron chi connectivity index (χ4n) is 2.95. The molecular weight excluding hydrogens is 308 g/mol. The summed E-state index contributed by atoms with van der Waals surface area (Å²) in [6.45, 7) is 8.13. The van der Waals surface area contributed by atoms with Crippen molar-refractivity contribution < 1.29 is 14.4 Å². The lowest BCUT2D eigenvalue weighted by Crippen LogP contribution is -2.45. The standard InChI is InChI=1S/C17H30N4O3/c1-11(14-19-15(20-24-14)17(2,3)4)18-16(23)21(5)13-8-6-12(10-22)7-9-13/h11-13,22H,6-10H2,1-5H3,(H,18,23). The quantitative estimate of drug-likeness (QED) is 0.880. The van der Waals surface area contributed by atoms with E-state index in [4.69, 9.17) is 4.52 Å². The Bertz CT molecular complexity index is 544. The summed E-state index contributed by atoms with van der Waals surface area (Å²) in [5.41, 5.74) is -0.187. The number of rotatable bonds is 4. The predicted molar refractivity (Wildman–Crippen MR) is 90.5 cm³/mol. The normalized spacial score (nSPS) is 22.9. The first-order valence-electron chi connectivity index (χ1n) is 8.70. The van der Waals surface area contributed by atoms with Gasteiger partial charge in [-0.2, -0.15) is 4.98 Å². The lowest BCUT2D eigenvalue weighted by atomic mass is 9.86. The molecule has 7 nitrogen and oxygen atoms in total. The average molecular weight is 338 g/mol. The maximum atomic E-state index is 12.5. The van der Waals surface area contributed by atoms with Gasteiger partial charge < -0.3 is 19.8 Å². The van der Waals surface area contributed by atoms with Gasteiger partial charge in [0.2, 0.25) is 5.89 Å². The summed E-state index contributed by atoms with van der Waals surface area (Å²) >= 11 is 0. The fourth-order valence-corrected chi connectivity index (χ4v) is 2.95. The zero-order chi connectivity index (χ0) is 17.9. The Labute approximate surface area is 143 Å². The van der Waals surface area contributed by atoms with E-state index in [9.17, 15) is 9.90 Å². The molecule has 1 atom stereocenters. The summed E-state index contributed by atoms with van der Waals surface area (Å²) in [6.07, 6.45) is 3.79. The third kappa shape index (κ3) is 4.47. The van der Waals surface area contributed by atoms with Gasteiger partial charge in [0.25, 0.3) is 0 Å². The van der Waals surface area contributed by atoms with Crippen LogP contribution in [0.1, 0.15) is 71.1 Å². The number of nitrogens with one attached hydrogen (secondary N) is 1. The van der Waals surface area contributed by atoms with Crippen LogP contribution in [0.25, 0.3) is 0 Å². The Morgan fingerprint density at radius 2 is 2.00 bits per heavy atom. The highest BCUT2D eigenvalue weighted by atomic mass is 16.5. The van der Waals surface area contributed by atoms with Crippen molar-refractivity contribution in [1.29, 1.82) is 0 Å². The number of hydrogen-bond acceptors (Lipinski definition) is 5. The second kappa shape index (κ2) is 7.51. The van der Waals surface area contributed by atoms with Crippen LogP contribution in [0.15, 0.2) is 4.52 Å². The molecule has 1 unspecified atom stereocenters. The van der Waals surface area contributed by atoms with Crippen LogP contribution in [0.5, 0.6) is 0 Å². The SMILES string of the molecule is CC(NC(=O)N(C)C1CCC(CO)CC1)c1nc(C(C)(C)C)no1. The van der Waals surface area contributed by atoms with Crippen molar-refractivity contribution in [3.8, 4) is 0 Å². The highest BCUT2D eigenvalue weighted by molar-refractivity contribution is 5.74. The van der Waals surface area contributed by atoms with Crippen LogP contribution in [0.3, 0.4) is 0 Å². The molecule has 0 bridgehead atoms. The zero-order valence-corrected chi connectivity index (χ0v) is 15.4. The molecule has 1 fully saturated rings. The van der Waals surface area contributed by atoms with Crippen LogP contribution in [0.2, 0.25) is 0 Å². The Morgan fingerprint density at radius 1 is 1.38 bits per heavy atom. The molecule has 1 aromatic heterocycles. The van der Waals surface area contributed by atoms with Crippen LogP contribution in [-0.2, 0) is 5.41 Å². The summed E-state index contributed by atoms with van der Waals surface area (Å²) in [5.74, 6) is 1.44. The van der Waals surface area contributed by atoms with E-state index in [-0.39, 0.29) is 30.1 Å². The van der Waals surface area contributed by atoms with Gasteiger partial charge in [0.05, 0.1) is 0 Å². The van der Waals surface area contributed by atoms with Gasteiger partial charge in [0.15, 0.2) is 5.82 Å². The number of nitrogens with zero attached hydrogens (tertiary/aromatic N) is 3. The molecule has 0 aliphatic heterocycles. The molecule has 2 rings (SSSR count). The molecule has 2 amide bonds. The van der Waals surface area contributed by atoms with Gasteiger partial charge in [-0.1, -0.05) is 25.9 Å². The van der Waals surface area contributed by atoms with Crippen LogP contribution in [0, 0.1) is 5.92 Å². The lowest BCUT2D eigenvalue weighted by molar-refractivity contribution is 0.132. The second-order valence-corrected chi connectivity index (χ2v) is 7.85. The highest BCUT2D eigenvalue weighted by Crippen LogP contribution is 2.27. The Hall–Kier alpha value is -1.63. The van der Waals surface area contributed by atoms with Crippen molar-refractivity contribution in [3.63, 3.8) is 0 Å². The molecular formula is C17H30N4O3. The number of urea groups is 1. The summed E-state index contributed by atoms with van der Waals surface area (Å²) in [6, 6.07) is -0.254. The van der Waals surface area contributed by atoms with Gasteiger partial charge in [0, 0.05) is 25.1 Å². The first-order valence-corrected chi connectivity index (χ1v) is 8.70. The molecule has 1 aliphatic carbocycles. The number of amides is 2. The van der Waals surface area contributed by atoms with E-state index in [0.717, 1.165) is 25.7 Å². The van der Waals surface area contributed by atoms with Crippen molar-refractivity contribution in [3.05, 3.63) is 11.7 Å². The molecule has 0 spiro atoms. The number of aliphatic hydroxyl groups is 1. The molecule has 1 saturated carbocycles. The molecule has 1 aliphatic rings. The zero-order valence-electron chi connectivity index (χ0n) is 15.4. The van der Waals surface area contributed by atoms with Gasteiger partial charge in [-0.15, -0.1) is 0 Å². The maximum Gasteiger partial charge on any atom is 0.318 e. The summed E-state index contributed by atoms with van der Waals surface area (Å²) < 4.78 is 5.29. The molecule has 1 heterocycles. The predicted octanol–water partition coefficient (Wildman–Crippen LogP) is 2.62. The second-order valence-electron chi connectivity index (χ2n) is 7.85. The Kier molecular flexibility index (Phi) is 5.85. The summed E-state index contributed by atoms with van der Waals surface area (Å²) in [4.78, 5) is 18.6. The van der Waals surface area contributed by atoms with Crippen LogP contribution < -0.4 is 5.32 Å². The van der Waals surface area contributed by atoms with E-state index in [1.165, 1.54) is 0 Å². The maximum absolute atomic E-state index is 12.5. The van der Waals surface area contributed by atoms with Crippen LogP contribution in [-0.4, -0.2) is 45.9 Å². The van der Waals surface area contributed by atoms with Crippen LogP contribution >= 0.6 is 0 Å². The average Bonchev–Trinajstić information content (AvgIpc) is 3.04. The Morgan fingerprint density at radius 3 is 2.50 bits per heavy atom. The molecule has 1 aromatic rings. The van der Waals surface area contributed by atoms with Gasteiger partial charge in [-0.25, -0.2) is 4.79 Å². The van der Waals surface area contributed by atoms with E-state index < -0.39 is 0 Å². The molecule has 0 aromatic carbocycles. The number of aromatic nitrogens is 2. The van der Waals surface area contributed by atoms with Crippen molar-refractivity contribution in [2.75, 3.05) is 13.7 Å². The first-order chi connectivity index (χ1) is 11.2. The van der Waals surface area contributed by atoms with Gasteiger partial charge in [-0.05, 0) is 38.5 Å². The van der Waals surface area contributed by atoms with Crippen molar-refractivity contribution in [2.45, 2.75) is 70.9 Å². The fraction of sp³-hybridized carbons (Fsp3) is 0.824. The lowest BCUT2D eigenvalue weighted by Gasteiger charge is -2.34. The first kappa shape index (κ1) is 18.7. The number of hydrogen-bond donors (Lipinski definition) is 2. The minimum atomic E-state index is -0.336. The molecule has 24 heavy (non-hydrogen) atoms. The topological polar surface area (TPSA) is 91.5 Å². The Balaban J connectivity index is 1.90. The van der Waals surface area contributed by atoms with E-state index >= 15 is 0 Å². The van der Waals surface area contributed by atoms with Crippen molar-refractivity contribution >= 4 is 6.03 Å². The minimum Gasteiger partial charge on any atom is -0.396 e. The highest BCUT2D eigenvalue weighted by Gasteiger charge is 2.28. The number of aliphatic hydroxyl groups excluding tert-OH is 1. The van der Waals surface area contributed by atoms with Gasteiger partial charge in [0.1, 0.15) is 6.04 Å². The molecule has 7 heteroatoms. The summed E-state index contributed by atoms with van der Waals surface area (Å²) in [7, 11) is 1.82. The van der Waals surface area contributed by atoms with Crippen molar-refractivity contribution in [2.24, 2.45) is 5.92 Å². The third-order valence-electron chi connectivity index (χ3n) is 4.77. The largest absolute Gasteiger partial charge is 0.396 e. The van der Waals surface area contributed by atoms with E-state index in [0.29, 0.717) is 17.6 Å². The van der Waals surface area contributed by atoms with Gasteiger partial charge >= 0.3 is 6.03 Å². The molecule has 0 saturated heterocycles. The van der Waals surface area contributed by atoms with E-state index in [2.05, 4.69) is 15.5 Å². The van der Waals surface area contributed by atoms with Crippen LogP contribution in [0.4, 0.5) is 4.79 Å². The monoisotopic (exact) mass is 338 g/mol. The number of carbonyl (C=O) groups is 1. The van der Waals surface area contributed by atoms with E-state index in [1.807, 2.05) is 34.7 Å². The summed E-state index contributed by atoms with van der Waals surface area (Å²) in [5, 5.41) is 16.1. The number of carbonyl (C=O) groups excluding carboxylic acids is 1. The molecule has 2 N–H and O–H groups in total. The molecule has 136 valence electrons. The molecule has 0 radical (unpaired) electrons. The van der Waals surface area contributed by atoms with E-state index in [1.54, 1.807) is 4.90 Å². The van der Waals surface area contributed by atoms with Gasteiger partial charge in [-0.3, -0.25) is 0 Å². The minimum absolute atomic E-state index is 0.134. The smallest absolute Gasteiger partial charge is 0.318 e.